The first kappa shape index (κ1) is 36.9. The van der Waals surface area contributed by atoms with Crippen LogP contribution in [0.15, 0.2) is 59.5 Å². The summed E-state index contributed by atoms with van der Waals surface area (Å²) in [5.41, 5.74) is 1.74. The summed E-state index contributed by atoms with van der Waals surface area (Å²) < 4.78 is 50.2. The van der Waals surface area contributed by atoms with Crippen LogP contribution >= 0.6 is 0 Å². The summed E-state index contributed by atoms with van der Waals surface area (Å²) in [6.07, 6.45) is 2.87. The van der Waals surface area contributed by atoms with Gasteiger partial charge in [-0.3, -0.25) is 38.4 Å². The number of nitrogens with zero attached hydrogens (tertiary/aromatic N) is 7. The molecule has 0 spiro atoms. The van der Waals surface area contributed by atoms with Crippen molar-refractivity contribution >= 4 is 51.0 Å². The third-order valence-electron chi connectivity index (χ3n) is 12.3. The molecule has 3 aromatic heterocycles. The van der Waals surface area contributed by atoms with Crippen LogP contribution in [0.4, 0.5) is 24.5 Å². The van der Waals surface area contributed by atoms with Gasteiger partial charge in [-0.05, 0) is 74.8 Å². The number of para-hydroxylation sites is 1. The Morgan fingerprint density at radius 2 is 1.77 bits per heavy atom. The summed E-state index contributed by atoms with van der Waals surface area (Å²) in [5.74, 6) is -0.648. The first-order valence-corrected chi connectivity index (χ1v) is 19.3. The van der Waals surface area contributed by atoms with Gasteiger partial charge in [0, 0.05) is 62.8 Å². The SMILES string of the molecule is COc1cc2nn([C@H]3CC[C@H](CN4C[C@H]5C[C@@H]4CN5c4cccc5c4n(C)c(=O)n5C4CCC(=O)NC4=O)CC3)cc2cc1NC(=O)c1cccc(C(F)(F)F)n1. The van der Waals surface area contributed by atoms with Gasteiger partial charge in [-0.1, -0.05) is 12.1 Å². The van der Waals surface area contributed by atoms with Crippen molar-refractivity contribution in [1.29, 1.82) is 0 Å². The molecule has 17 heteroatoms. The number of pyridine rings is 1. The molecule has 9 rings (SSSR count). The molecule has 4 aliphatic rings. The first-order chi connectivity index (χ1) is 27.4. The van der Waals surface area contributed by atoms with Gasteiger partial charge in [-0.2, -0.15) is 18.3 Å². The second kappa shape index (κ2) is 14.0. The van der Waals surface area contributed by atoms with Gasteiger partial charge in [-0.25, -0.2) is 9.78 Å². The van der Waals surface area contributed by atoms with E-state index in [2.05, 4.69) is 31.5 Å². The lowest BCUT2D eigenvalue weighted by molar-refractivity contribution is -0.141. The Bertz CT molecular complexity index is 2480. The molecule has 3 atom stereocenters. The van der Waals surface area contributed by atoms with Crippen LogP contribution in [0.25, 0.3) is 21.9 Å². The number of benzene rings is 2. The van der Waals surface area contributed by atoms with Gasteiger partial charge in [-0.15, -0.1) is 0 Å². The number of piperidine rings is 1. The van der Waals surface area contributed by atoms with Gasteiger partial charge in [0.1, 0.15) is 23.2 Å². The summed E-state index contributed by atoms with van der Waals surface area (Å²) in [4.78, 5) is 59.5. The fourth-order valence-corrected chi connectivity index (χ4v) is 9.50. The van der Waals surface area contributed by atoms with Gasteiger partial charge >= 0.3 is 11.9 Å². The summed E-state index contributed by atoms with van der Waals surface area (Å²) in [6.45, 7) is 2.83. The molecule has 1 aliphatic carbocycles. The topological polar surface area (TPSA) is 149 Å². The molecule has 0 radical (unpaired) electrons. The third-order valence-corrected chi connectivity index (χ3v) is 12.3. The molecule has 1 saturated carbocycles. The van der Waals surface area contributed by atoms with Crippen molar-refractivity contribution in [2.24, 2.45) is 13.0 Å². The minimum atomic E-state index is -4.67. The molecule has 6 heterocycles. The zero-order chi connectivity index (χ0) is 39.7. The largest absolute Gasteiger partial charge is 0.494 e. The molecule has 2 bridgehead atoms. The number of methoxy groups -OCH3 is 1. The lowest BCUT2D eigenvalue weighted by Crippen LogP contribution is -2.48. The van der Waals surface area contributed by atoms with Gasteiger partial charge < -0.3 is 15.0 Å². The Balaban J connectivity index is 0.832. The molecule has 298 valence electrons. The van der Waals surface area contributed by atoms with Gasteiger partial charge in [0.2, 0.25) is 11.8 Å². The molecular formula is C40H42F3N9O5. The second-order valence-electron chi connectivity index (χ2n) is 15.7. The molecule has 3 aliphatic heterocycles. The quantitative estimate of drug-likeness (QED) is 0.207. The molecule has 5 aromatic rings. The number of alkyl halides is 3. The zero-order valence-electron chi connectivity index (χ0n) is 31.5. The number of amides is 3. The van der Waals surface area contributed by atoms with Crippen LogP contribution in [0.3, 0.4) is 0 Å². The second-order valence-corrected chi connectivity index (χ2v) is 15.7. The number of imidazole rings is 1. The van der Waals surface area contributed by atoms with E-state index in [0.29, 0.717) is 46.9 Å². The first-order valence-electron chi connectivity index (χ1n) is 19.3. The van der Waals surface area contributed by atoms with E-state index in [4.69, 9.17) is 9.84 Å². The molecule has 2 N–H and O–H groups in total. The van der Waals surface area contributed by atoms with Gasteiger partial charge in [0.15, 0.2) is 0 Å². The fourth-order valence-electron chi connectivity index (χ4n) is 9.50. The highest BCUT2D eigenvalue weighted by Crippen LogP contribution is 2.41. The van der Waals surface area contributed by atoms with Crippen LogP contribution in [0.5, 0.6) is 5.75 Å². The highest BCUT2D eigenvalue weighted by molar-refractivity contribution is 6.05. The molecule has 4 fully saturated rings. The van der Waals surface area contributed by atoms with Gasteiger partial charge in [0.25, 0.3) is 5.91 Å². The number of likely N-dealkylation sites (tertiary alicyclic amines) is 1. The minimum absolute atomic E-state index is 0.197. The summed E-state index contributed by atoms with van der Waals surface area (Å²) in [7, 11) is 3.20. The Morgan fingerprint density at radius 1 is 0.982 bits per heavy atom. The number of aromatic nitrogens is 5. The molecule has 3 saturated heterocycles. The number of carbonyl (C=O) groups is 3. The summed E-state index contributed by atoms with van der Waals surface area (Å²) >= 11 is 0. The number of hydrogen-bond acceptors (Lipinski definition) is 9. The number of hydrogen-bond donors (Lipinski definition) is 2. The average molecular weight is 786 g/mol. The lowest BCUT2D eigenvalue weighted by atomic mass is 9.85. The Kier molecular flexibility index (Phi) is 9.09. The number of anilines is 2. The van der Waals surface area contributed by atoms with E-state index in [-0.39, 0.29) is 29.8 Å². The van der Waals surface area contributed by atoms with Crippen molar-refractivity contribution < 1.29 is 32.3 Å². The van der Waals surface area contributed by atoms with Crippen molar-refractivity contribution in [2.45, 2.75) is 75.3 Å². The van der Waals surface area contributed by atoms with Crippen molar-refractivity contribution in [3.8, 4) is 5.75 Å². The number of aryl methyl sites for hydroxylation is 1. The molecule has 2 aromatic carbocycles. The average Bonchev–Trinajstić information content (AvgIpc) is 3.97. The van der Waals surface area contributed by atoms with Crippen molar-refractivity contribution in [3.05, 3.63) is 76.6 Å². The number of piperazine rings is 1. The van der Waals surface area contributed by atoms with Crippen LogP contribution in [-0.2, 0) is 22.8 Å². The number of fused-ring (bicyclic) bond motifs is 4. The predicted octanol–water partition coefficient (Wildman–Crippen LogP) is 5.04. The lowest BCUT2D eigenvalue weighted by Gasteiger charge is -2.39. The van der Waals surface area contributed by atoms with E-state index >= 15 is 0 Å². The number of rotatable bonds is 8. The number of carbonyl (C=O) groups excluding carboxylic acids is 3. The van der Waals surface area contributed by atoms with Crippen LogP contribution < -0.4 is 26.0 Å². The Hall–Kier alpha value is -5.71. The van der Waals surface area contributed by atoms with Crippen LogP contribution in [0.2, 0.25) is 0 Å². The molecule has 14 nitrogen and oxygen atoms in total. The maximum absolute atomic E-state index is 13.5. The van der Waals surface area contributed by atoms with Crippen LogP contribution in [-0.4, -0.2) is 85.3 Å². The monoisotopic (exact) mass is 785 g/mol. The van der Waals surface area contributed by atoms with Crippen molar-refractivity contribution in [3.63, 3.8) is 0 Å². The molecule has 57 heavy (non-hydrogen) atoms. The van der Waals surface area contributed by atoms with E-state index in [0.717, 1.165) is 80.5 Å². The summed E-state index contributed by atoms with van der Waals surface area (Å²) in [6, 6.07) is 12.7. The smallest absolute Gasteiger partial charge is 0.433 e. The maximum atomic E-state index is 13.5. The normalized spacial score (nSPS) is 24.1. The predicted molar refractivity (Wildman–Crippen MR) is 204 cm³/mol. The molecular weight excluding hydrogens is 743 g/mol. The fraction of sp³-hybridized carbons (Fsp3) is 0.450. The van der Waals surface area contributed by atoms with Crippen molar-refractivity contribution in [2.75, 3.05) is 37.0 Å². The highest BCUT2D eigenvalue weighted by atomic mass is 19.4. The van der Waals surface area contributed by atoms with E-state index < -0.39 is 29.7 Å². The molecule has 1 unspecified atom stereocenters. The van der Waals surface area contributed by atoms with E-state index in [9.17, 15) is 32.3 Å². The number of nitrogens with one attached hydrogen (secondary N) is 2. The van der Waals surface area contributed by atoms with E-state index in [1.165, 1.54) is 13.2 Å². The maximum Gasteiger partial charge on any atom is 0.433 e. The number of ether oxygens (including phenoxy) is 1. The Labute approximate surface area is 324 Å². The van der Waals surface area contributed by atoms with E-state index in [1.54, 1.807) is 28.3 Å². The molecule has 3 amide bonds. The highest BCUT2D eigenvalue weighted by Gasteiger charge is 2.45. The standard InChI is InChI=1S/C40H42F3N9O5/c1-48-36-30(6-4-7-31(36)52(39(48)56)32-13-14-35(53)46-38(32)55)50-21-25-16-26(50)20-49(25)18-22-9-11-24(12-10-22)51-19-23-15-29(33(57-2)17-28(23)47-51)45-37(54)27-5-3-8-34(44-27)40(41,42)43/h3-8,15,17,19,22,24-26,32H,9-14,16,18,20-21H2,1-2H3,(H,45,54)(H,46,53,55)/t22-,24-,25-,26-,32?/m1/s1. The van der Waals surface area contributed by atoms with Crippen molar-refractivity contribution in [1.82, 2.24) is 34.1 Å². The van der Waals surface area contributed by atoms with Gasteiger partial charge in [0.05, 0.1) is 41.1 Å². The zero-order valence-corrected chi connectivity index (χ0v) is 31.5. The summed E-state index contributed by atoms with van der Waals surface area (Å²) in [5, 5.41) is 10.7. The van der Waals surface area contributed by atoms with Crippen LogP contribution in [0.1, 0.15) is 73.2 Å². The number of imide groups is 1. The number of halogens is 3. The van der Waals surface area contributed by atoms with Crippen LogP contribution in [0, 0.1) is 5.92 Å². The third kappa shape index (κ3) is 6.60. The van der Waals surface area contributed by atoms with E-state index in [1.807, 2.05) is 23.0 Å². The minimum Gasteiger partial charge on any atom is -0.494 e. The Morgan fingerprint density at radius 3 is 2.49 bits per heavy atom.